The van der Waals surface area contributed by atoms with Gasteiger partial charge in [-0.2, -0.15) is 0 Å². The molecule has 0 saturated heterocycles. The summed E-state index contributed by atoms with van der Waals surface area (Å²) in [5.41, 5.74) is 0.877. The molecular weight excluding hydrogens is 434 g/mol. The first kappa shape index (κ1) is 27.1. The average molecular weight is 466 g/mol. The number of hydrogen-bond acceptors (Lipinski definition) is 8. The van der Waals surface area contributed by atoms with Gasteiger partial charge in [-0.05, 0) is 52.0 Å². The van der Waals surface area contributed by atoms with Crippen molar-refractivity contribution in [1.82, 2.24) is 10.3 Å². The third-order valence-corrected chi connectivity index (χ3v) is 4.78. The van der Waals surface area contributed by atoms with Crippen molar-refractivity contribution >= 4 is 35.0 Å². The van der Waals surface area contributed by atoms with E-state index in [1.807, 2.05) is 13.8 Å². The number of nitrogens with one attached hydrogen (secondary N) is 2. The summed E-state index contributed by atoms with van der Waals surface area (Å²) in [6.07, 6.45) is -0.552. The van der Waals surface area contributed by atoms with Crippen LogP contribution >= 0.6 is 11.3 Å². The van der Waals surface area contributed by atoms with Crippen molar-refractivity contribution < 1.29 is 29.0 Å². The highest BCUT2D eigenvalue weighted by molar-refractivity contribution is 7.15. The van der Waals surface area contributed by atoms with Crippen LogP contribution < -0.4 is 10.6 Å². The van der Waals surface area contributed by atoms with E-state index in [0.29, 0.717) is 15.6 Å². The molecule has 176 valence electrons. The molecule has 1 aromatic carbocycles. The topological polar surface area (TPSA) is 127 Å². The summed E-state index contributed by atoms with van der Waals surface area (Å²) in [5, 5.41) is 14.9. The van der Waals surface area contributed by atoms with Crippen LogP contribution in [0.25, 0.3) is 10.6 Å². The number of aliphatic hydroxyl groups is 1. The van der Waals surface area contributed by atoms with E-state index >= 15 is 0 Å². The summed E-state index contributed by atoms with van der Waals surface area (Å²) >= 11 is 1.31. The smallest absolute Gasteiger partial charge is 0.412 e. The molecule has 0 radical (unpaired) electrons. The summed E-state index contributed by atoms with van der Waals surface area (Å²) in [5.74, 6) is -1.32. The number of carbonyl (C=O) groups excluding carboxylic acids is 3. The third kappa shape index (κ3) is 7.93. The minimum atomic E-state index is -1.16. The fraction of sp³-hybridized carbons (Fsp3) is 0.455. The normalized spacial score (nSPS) is 11.5. The predicted octanol–water partition coefficient (Wildman–Crippen LogP) is 3.76. The number of anilines is 1. The number of aliphatic hydroxyl groups excluding tert-OH is 1. The van der Waals surface area contributed by atoms with Crippen LogP contribution in [0.4, 0.5) is 10.5 Å². The van der Waals surface area contributed by atoms with Crippen LogP contribution in [0, 0.1) is 6.92 Å². The van der Waals surface area contributed by atoms with Gasteiger partial charge in [0.15, 0.2) is 6.04 Å². The molecule has 1 atom stereocenters. The summed E-state index contributed by atoms with van der Waals surface area (Å²) in [6.45, 7) is 10.5. The van der Waals surface area contributed by atoms with Crippen LogP contribution in [0.5, 0.6) is 0 Å². The zero-order chi connectivity index (χ0) is 24.5. The Morgan fingerprint density at radius 3 is 2.25 bits per heavy atom. The fourth-order valence-corrected chi connectivity index (χ4v) is 3.31. The standard InChI is InChI=1S/C20H25N3O6S.C2H6/c1-11-15(16(25)22-14(10-24)18(26)28-5)23-17(30-11)12-6-8-13(9-7-12)21-19(27)29-20(2,3)4;1-2/h6-9,14,24H,10H2,1-5H3,(H,21,27)(H,22,25);1-2H3. The van der Waals surface area contributed by atoms with Crippen LogP contribution in [-0.4, -0.2) is 53.4 Å². The molecule has 10 heteroatoms. The number of thiazole rings is 1. The number of nitrogens with zero attached hydrogens (tertiary/aromatic N) is 1. The molecule has 0 bridgehead atoms. The molecule has 0 aliphatic rings. The molecule has 0 aliphatic heterocycles. The number of rotatable bonds is 6. The number of carbonyl (C=O) groups is 3. The van der Waals surface area contributed by atoms with Crippen LogP contribution in [0.1, 0.15) is 50.0 Å². The van der Waals surface area contributed by atoms with Gasteiger partial charge in [0.1, 0.15) is 16.3 Å². The molecule has 9 nitrogen and oxygen atoms in total. The Kier molecular flexibility index (Phi) is 10.3. The number of esters is 1. The van der Waals surface area contributed by atoms with Crippen molar-refractivity contribution in [3.8, 4) is 10.6 Å². The van der Waals surface area contributed by atoms with Gasteiger partial charge in [0, 0.05) is 16.1 Å². The number of ether oxygens (including phenoxy) is 2. The fourth-order valence-electron chi connectivity index (χ4n) is 2.40. The van der Waals surface area contributed by atoms with Crippen molar-refractivity contribution in [2.24, 2.45) is 0 Å². The van der Waals surface area contributed by atoms with Crippen LogP contribution in [0.3, 0.4) is 0 Å². The maximum absolute atomic E-state index is 12.4. The Morgan fingerprint density at radius 1 is 1.16 bits per heavy atom. The lowest BCUT2D eigenvalue weighted by atomic mass is 10.2. The molecule has 1 heterocycles. The second-order valence-electron chi connectivity index (χ2n) is 7.36. The van der Waals surface area contributed by atoms with Crippen LogP contribution in [0.15, 0.2) is 24.3 Å². The summed E-state index contributed by atoms with van der Waals surface area (Å²) in [6, 6.07) is 5.77. The lowest BCUT2D eigenvalue weighted by Crippen LogP contribution is -2.44. The SMILES string of the molecule is CC.COC(=O)C(CO)NC(=O)c1nc(-c2ccc(NC(=O)OC(C)(C)C)cc2)sc1C. The van der Waals surface area contributed by atoms with E-state index in [9.17, 15) is 19.5 Å². The number of aromatic nitrogens is 1. The van der Waals surface area contributed by atoms with Crippen LogP contribution in [0.2, 0.25) is 0 Å². The molecule has 2 aromatic rings. The van der Waals surface area contributed by atoms with Crippen molar-refractivity contribution in [1.29, 1.82) is 0 Å². The molecule has 3 N–H and O–H groups in total. The van der Waals surface area contributed by atoms with E-state index in [-0.39, 0.29) is 5.69 Å². The van der Waals surface area contributed by atoms with E-state index in [0.717, 1.165) is 5.56 Å². The second kappa shape index (κ2) is 12.2. The molecule has 1 unspecified atom stereocenters. The predicted molar refractivity (Wildman–Crippen MR) is 124 cm³/mol. The van der Waals surface area contributed by atoms with Crippen molar-refractivity contribution in [3.05, 3.63) is 34.8 Å². The Hall–Kier alpha value is -2.98. The quantitative estimate of drug-likeness (QED) is 0.554. The Morgan fingerprint density at radius 2 is 1.75 bits per heavy atom. The minimum absolute atomic E-state index is 0.160. The number of aryl methyl sites for hydroxylation is 1. The number of methoxy groups -OCH3 is 1. The van der Waals surface area contributed by atoms with Gasteiger partial charge in [0.05, 0.1) is 13.7 Å². The largest absolute Gasteiger partial charge is 0.467 e. The zero-order valence-corrected chi connectivity index (χ0v) is 20.3. The first-order valence-corrected chi connectivity index (χ1v) is 10.9. The first-order chi connectivity index (χ1) is 15.0. The van der Waals surface area contributed by atoms with Crippen molar-refractivity contribution in [2.75, 3.05) is 19.0 Å². The Balaban J connectivity index is 0.00000249. The maximum Gasteiger partial charge on any atom is 0.412 e. The van der Waals surface area contributed by atoms with Gasteiger partial charge in [-0.3, -0.25) is 10.1 Å². The number of amides is 2. The van der Waals surface area contributed by atoms with E-state index in [1.165, 1.54) is 18.4 Å². The van der Waals surface area contributed by atoms with Gasteiger partial charge in [0.25, 0.3) is 5.91 Å². The Labute approximate surface area is 192 Å². The van der Waals surface area contributed by atoms with E-state index in [2.05, 4.69) is 20.4 Å². The molecule has 2 amide bonds. The molecule has 32 heavy (non-hydrogen) atoms. The van der Waals surface area contributed by atoms with Crippen LogP contribution in [-0.2, 0) is 14.3 Å². The lowest BCUT2D eigenvalue weighted by Gasteiger charge is -2.19. The van der Waals surface area contributed by atoms with Crippen molar-refractivity contribution in [2.45, 2.75) is 53.2 Å². The van der Waals surface area contributed by atoms with Gasteiger partial charge in [-0.1, -0.05) is 13.8 Å². The van der Waals surface area contributed by atoms with Crippen molar-refractivity contribution in [3.63, 3.8) is 0 Å². The summed E-state index contributed by atoms with van der Waals surface area (Å²) in [4.78, 5) is 40.8. The summed E-state index contributed by atoms with van der Waals surface area (Å²) < 4.78 is 9.75. The van der Waals surface area contributed by atoms with Gasteiger partial charge in [0.2, 0.25) is 0 Å². The first-order valence-electron chi connectivity index (χ1n) is 10.1. The average Bonchev–Trinajstić information content (AvgIpc) is 3.13. The molecule has 0 fully saturated rings. The number of hydrogen-bond donors (Lipinski definition) is 3. The third-order valence-electron chi connectivity index (χ3n) is 3.76. The molecule has 0 aliphatic carbocycles. The van der Waals surface area contributed by atoms with Gasteiger partial charge in [-0.25, -0.2) is 14.6 Å². The van der Waals surface area contributed by atoms with Gasteiger partial charge < -0.3 is 19.9 Å². The Bertz CT molecular complexity index is 919. The highest BCUT2D eigenvalue weighted by Crippen LogP contribution is 2.28. The molecular formula is C22H31N3O6S. The van der Waals surface area contributed by atoms with Gasteiger partial charge >= 0.3 is 12.1 Å². The minimum Gasteiger partial charge on any atom is -0.467 e. The summed E-state index contributed by atoms with van der Waals surface area (Å²) in [7, 11) is 1.17. The molecule has 0 saturated carbocycles. The van der Waals surface area contributed by atoms with Gasteiger partial charge in [-0.15, -0.1) is 11.3 Å². The highest BCUT2D eigenvalue weighted by Gasteiger charge is 2.24. The molecule has 2 rings (SSSR count). The second-order valence-corrected chi connectivity index (χ2v) is 8.56. The highest BCUT2D eigenvalue weighted by atomic mass is 32.1. The van der Waals surface area contributed by atoms with E-state index < -0.39 is 36.2 Å². The maximum atomic E-state index is 12.4. The van der Waals surface area contributed by atoms with E-state index in [4.69, 9.17) is 4.74 Å². The zero-order valence-electron chi connectivity index (χ0n) is 19.4. The monoisotopic (exact) mass is 465 g/mol. The number of benzene rings is 1. The van der Waals surface area contributed by atoms with E-state index in [1.54, 1.807) is 52.0 Å². The molecule has 0 spiro atoms. The molecule has 1 aromatic heterocycles. The lowest BCUT2D eigenvalue weighted by molar-refractivity contribution is -0.143.